The number of nitriles is 1. The van der Waals surface area contributed by atoms with Crippen LogP contribution in [0, 0.1) is 18.3 Å². The summed E-state index contributed by atoms with van der Waals surface area (Å²) in [5.74, 6) is 0. The van der Waals surface area contributed by atoms with Gasteiger partial charge >= 0.3 is 0 Å². The van der Waals surface area contributed by atoms with Gasteiger partial charge in [-0.15, -0.1) is 0 Å². The Labute approximate surface area is 194 Å². The zero-order valence-electron chi connectivity index (χ0n) is 17.4. The van der Waals surface area contributed by atoms with Gasteiger partial charge in [-0.25, -0.2) is 0 Å². The average Bonchev–Trinajstić information content (AvgIpc) is 2.71. The molecule has 0 saturated carbocycles. The topological polar surface area (TPSA) is 81.4 Å². The quantitative estimate of drug-likeness (QED) is 0.492. The van der Waals surface area contributed by atoms with Crippen molar-refractivity contribution in [3.63, 3.8) is 0 Å². The fourth-order valence-corrected chi connectivity index (χ4v) is 5.77. The Balaban J connectivity index is 1.77. The van der Waals surface area contributed by atoms with Gasteiger partial charge in [0.25, 0.3) is 10.1 Å². The minimum Gasteiger partial charge on any atom is -0.282 e. The van der Waals surface area contributed by atoms with Gasteiger partial charge in [-0.2, -0.15) is 13.7 Å². The zero-order chi connectivity index (χ0) is 22.6. The van der Waals surface area contributed by atoms with Crippen LogP contribution in [0.5, 0.6) is 0 Å². The van der Waals surface area contributed by atoms with Crippen LogP contribution in [0.2, 0.25) is 10.0 Å². The monoisotopic (exact) mass is 480 g/mol. The molecule has 3 rings (SSSR count). The first-order chi connectivity index (χ1) is 14.7. The van der Waals surface area contributed by atoms with Crippen molar-refractivity contribution < 1.29 is 13.0 Å². The van der Waals surface area contributed by atoms with Gasteiger partial charge in [0, 0.05) is 28.2 Å². The van der Waals surface area contributed by atoms with E-state index < -0.39 is 16.2 Å². The van der Waals surface area contributed by atoms with Crippen LogP contribution in [-0.2, 0) is 16.5 Å². The van der Waals surface area contributed by atoms with Crippen molar-refractivity contribution in [2.24, 2.45) is 0 Å². The summed E-state index contributed by atoms with van der Waals surface area (Å²) in [6.07, 6.45) is 5.11. The summed E-state index contributed by atoms with van der Waals surface area (Å²) in [6, 6.07) is 12.2. The van der Waals surface area contributed by atoms with Crippen molar-refractivity contribution in [1.82, 2.24) is 4.90 Å². The summed E-state index contributed by atoms with van der Waals surface area (Å²) < 4.78 is 33.0. The van der Waals surface area contributed by atoms with Crippen LogP contribution >= 0.6 is 23.2 Å². The van der Waals surface area contributed by atoms with Crippen molar-refractivity contribution in [2.45, 2.75) is 62.4 Å². The highest BCUT2D eigenvalue weighted by atomic mass is 35.5. The number of benzene rings is 2. The normalized spacial score (nSPS) is 18.5. The van der Waals surface area contributed by atoms with Gasteiger partial charge in [-0.3, -0.25) is 9.45 Å². The molecule has 2 aromatic carbocycles. The highest BCUT2D eigenvalue weighted by molar-refractivity contribution is 7.85. The smallest absolute Gasteiger partial charge is 0.282 e. The van der Waals surface area contributed by atoms with E-state index in [1.165, 1.54) is 6.07 Å². The Hall–Kier alpha value is -1.62. The van der Waals surface area contributed by atoms with E-state index >= 15 is 0 Å². The minimum atomic E-state index is -4.26. The number of nitrogens with zero attached hydrogens (tertiary/aromatic N) is 2. The summed E-state index contributed by atoms with van der Waals surface area (Å²) in [7, 11) is -4.26. The molecule has 1 saturated heterocycles. The van der Waals surface area contributed by atoms with Crippen LogP contribution in [-0.4, -0.2) is 30.5 Å². The van der Waals surface area contributed by atoms with Crippen LogP contribution in [0.4, 0.5) is 0 Å². The second-order valence-corrected chi connectivity index (χ2v) is 10.2. The lowest BCUT2D eigenvalue weighted by Gasteiger charge is -2.39. The summed E-state index contributed by atoms with van der Waals surface area (Å²) in [6.45, 7) is 2.68. The van der Waals surface area contributed by atoms with E-state index in [2.05, 4.69) is 11.0 Å². The van der Waals surface area contributed by atoms with E-state index in [4.69, 9.17) is 23.2 Å². The molecule has 0 aliphatic carbocycles. The number of halogens is 2. The third kappa shape index (κ3) is 5.79. The maximum Gasteiger partial charge on any atom is 0.294 e. The molecule has 0 spiro atoms. The molecule has 31 heavy (non-hydrogen) atoms. The van der Waals surface area contributed by atoms with Crippen molar-refractivity contribution >= 4 is 33.3 Å². The second-order valence-electron chi connectivity index (χ2n) is 8.03. The molecule has 2 aromatic rings. The first-order valence-electron chi connectivity index (χ1n) is 10.4. The highest BCUT2D eigenvalue weighted by Gasteiger charge is 2.32. The van der Waals surface area contributed by atoms with E-state index in [1.807, 2.05) is 13.0 Å². The van der Waals surface area contributed by atoms with Gasteiger partial charge in [0.15, 0.2) is 0 Å². The van der Waals surface area contributed by atoms with E-state index in [0.29, 0.717) is 27.6 Å². The molecule has 1 aliphatic rings. The molecular weight excluding hydrogens is 455 g/mol. The summed E-state index contributed by atoms with van der Waals surface area (Å²) in [4.78, 5) is 2.15. The molecule has 5 nitrogen and oxygen atoms in total. The number of aryl methyl sites for hydroxylation is 2. The van der Waals surface area contributed by atoms with Gasteiger partial charge in [0.05, 0.1) is 11.0 Å². The van der Waals surface area contributed by atoms with Crippen molar-refractivity contribution in [3.05, 3.63) is 63.1 Å². The Morgan fingerprint density at radius 2 is 1.94 bits per heavy atom. The molecule has 1 heterocycles. The Kier molecular flexibility index (Phi) is 8.01. The standard InChI is InChI=1S/C23H26Cl2N2O3S/c1-16-11-12-22(31(28,29)30)17(14-16)6-4-8-18-7-2-3-13-27(18)21(15-26)23-19(24)9-5-10-20(23)25/h5,9-12,14,18,21H,2-4,6-8,13H2,1H3,(H,28,29,30). The molecule has 1 aliphatic heterocycles. The first-order valence-corrected chi connectivity index (χ1v) is 12.6. The zero-order valence-corrected chi connectivity index (χ0v) is 19.7. The van der Waals surface area contributed by atoms with Gasteiger partial charge in [0.2, 0.25) is 0 Å². The maximum absolute atomic E-state index is 11.7. The van der Waals surface area contributed by atoms with Crippen LogP contribution in [0.25, 0.3) is 0 Å². The number of hydrogen-bond donors (Lipinski definition) is 1. The minimum absolute atomic E-state index is 0.0312. The predicted molar refractivity (Wildman–Crippen MR) is 123 cm³/mol. The van der Waals surface area contributed by atoms with E-state index in [0.717, 1.165) is 44.2 Å². The second kappa shape index (κ2) is 10.3. The van der Waals surface area contributed by atoms with Gasteiger partial charge in [0.1, 0.15) is 6.04 Å². The summed E-state index contributed by atoms with van der Waals surface area (Å²) in [5, 5.41) is 10.9. The SMILES string of the molecule is Cc1ccc(S(=O)(=O)O)c(CCCC2CCCCN2C(C#N)c2c(Cl)cccc2Cl)c1. The van der Waals surface area contributed by atoms with Gasteiger partial charge < -0.3 is 0 Å². The third-order valence-corrected chi connectivity index (χ3v) is 7.49. The molecule has 1 fully saturated rings. The van der Waals surface area contributed by atoms with E-state index in [-0.39, 0.29) is 10.9 Å². The van der Waals surface area contributed by atoms with Gasteiger partial charge in [-0.05, 0) is 62.8 Å². The lowest BCUT2D eigenvalue weighted by Crippen LogP contribution is -2.41. The molecule has 8 heteroatoms. The number of likely N-dealkylation sites (tertiary alicyclic amines) is 1. The molecule has 0 amide bonds. The highest BCUT2D eigenvalue weighted by Crippen LogP contribution is 2.37. The van der Waals surface area contributed by atoms with Crippen molar-refractivity contribution in [1.29, 1.82) is 5.26 Å². The van der Waals surface area contributed by atoms with Crippen molar-refractivity contribution in [2.75, 3.05) is 6.54 Å². The van der Waals surface area contributed by atoms with Crippen LogP contribution in [0.3, 0.4) is 0 Å². The number of rotatable bonds is 7. The lowest BCUT2D eigenvalue weighted by molar-refractivity contribution is 0.112. The molecule has 0 aromatic heterocycles. The number of piperidine rings is 1. The molecule has 0 bridgehead atoms. The molecule has 0 radical (unpaired) electrons. The largest absolute Gasteiger partial charge is 0.294 e. The summed E-state index contributed by atoms with van der Waals surface area (Å²) in [5.41, 5.74) is 2.21. The Morgan fingerprint density at radius 3 is 2.58 bits per heavy atom. The van der Waals surface area contributed by atoms with Gasteiger partial charge in [-0.1, -0.05) is 53.4 Å². The first kappa shape index (κ1) is 24.0. The molecule has 2 unspecified atom stereocenters. The predicted octanol–water partition coefficient (Wildman–Crippen LogP) is 5.99. The Bertz CT molecular complexity index is 1060. The maximum atomic E-state index is 11.7. The Morgan fingerprint density at radius 1 is 1.23 bits per heavy atom. The molecule has 2 atom stereocenters. The molecule has 166 valence electrons. The average molecular weight is 481 g/mol. The summed E-state index contributed by atoms with van der Waals surface area (Å²) >= 11 is 12.8. The number of hydrogen-bond acceptors (Lipinski definition) is 4. The van der Waals surface area contributed by atoms with Crippen LogP contribution in [0.1, 0.15) is 54.8 Å². The van der Waals surface area contributed by atoms with Crippen LogP contribution < -0.4 is 0 Å². The van der Waals surface area contributed by atoms with Crippen molar-refractivity contribution in [3.8, 4) is 6.07 Å². The fourth-order valence-electron chi connectivity index (χ4n) is 4.43. The van der Waals surface area contributed by atoms with E-state index in [9.17, 15) is 18.2 Å². The van der Waals surface area contributed by atoms with Crippen LogP contribution in [0.15, 0.2) is 41.3 Å². The van der Waals surface area contributed by atoms with E-state index in [1.54, 1.807) is 24.3 Å². The molecular formula is C23H26Cl2N2O3S. The lowest BCUT2D eigenvalue weighted by atomic mass is 9.92. The third-order valence-electron chi connectivity index (χ3n) is 5.88. The molecule has 1 N–H and O–H groups in total. The fraction of sp³-hybridized carbons (Fsp3) is 0.435.